The summed E-state index contributed by atoms with van der Waals surface area (Å²) in [6.45, 7) is 5.92. The van der Waals surface area contributed by atoms with Gasteiger partial charge in [-0.05, 0) is 57.8 Å². The summed E-state index contributed by atoms with van der Waals surface area (Å²) in [5.41, 5.74) is 0. The molecule has 0 aromatic carbocycles. The molecule has 0 radical (unpaired) electrons. The highest BCUT2D eigenvalue weighted by Crippen LogP contribution is 2.27. The minimum Gasteiger partial charge on any atom is -0.479 e. The predicted molar refractivity (Wildman–Crippen MR) is 358 cm³/mol. The Hall–Kier alpha value is -3.84. The Balaban J connectivity index is 2.65. The number of carboxylic acid groups (broad SMARTS) is 1. The van der Waals surface area contributed by atoms with Gasteiger partial charge in [0.15, 0.2) is 24.6 Å². The van der Waals surface area contributed by atoms with Crippen LogP contribution in [-0.2, 0) is 42.9 Å². The molecule has 1 fully saturated rings. The summed E-state index contributed by atoms with van der Waals surface area (Å²) in [5, 5.41) is 31.7. The minimum absolute atomic E-state index is 0.0638. The predicted octanol–water partition coefficient (Wildman–Crippen LogP) is 20.0. The highest BCUT2D eigenvalue weighted by Gasteiger charge is 2.50. The molecule has 0 aromatic rings. The van der Waals surface area contributed by atoms with Crippen molar-refractivity contribution in [3.05, 3.63) is 72.9 Å². The lowest BCUT2D eigenvalue weighted by Crippen LogP contribution is -2.61. The summed E-state index contributed by atoms with van der Waals surface area (Å²) in [5.74, 6) is -3.20. The van der Waals surface area contributed by atoms with Gasteiger partial charge in [-0.25, -0.2) is 4.79 Å². The van der Waals surface area contributed by atoms with E-state index in [1.807, 2.05) is 18.2 Å². The topological polar surface area (TPSA) is 175 Å². The molecule has 0 spiro atoms. The van der Waals surface area contributed by atoms with Gasteiger partial charge in [-0.3, -0.25) is 14.4 Å². The fourth-order valence-electron chi connectivity index (χ4n) is 10.9. The van der Waals surface area contributed by atoms with Crippen LogP contribution in [0, 0.1) is 0 Å². The summed E-state index contributed by atoms with van der Waals surface area (Å²) < 4.78 is 28.6. The van der Waals surface area contributed by atoms with Gasteiger partial charge in [0.2, 0.25) is 0 Å². The molecule has 0 aliphatic carbocycles. The van der Waals surface area contributed by atoms with Crippen LogP contribution in [0.4, 0.5) is 0 Å². The molecule has 6 atom stereocenters. The fraction of sp³-hybridized carbons (Fsp3) is 0.787. The number of carboxylic acids is 1. The molecule has 12 nitrogen and oxygen atoms in total. The second-order valence-electron chi connectivity index (χ2n) is 24.5. The maximum Gasteiger partial charge on any atom is 0.335 e. The summed E-state index contributed by atoms with van der Waals surface area (Å²) in [6.07, 6.45) is 68.7. The van der Waals surface area contributed by atoms with Gasteiger partial charge in [-0.15, -0.1) is 0 Å². The van der Waals surface area contributed by atoms with Gasteiger partial charge in [-0.2, -0.15) is 0 Å². The van der Waals surface area contributed by atoms with E-state index in [4.69, 9.17) is 23.7 Å². The van der Waals surface area contributed by atoms with Crippen LogP contribution < -0.4 is 0 Å². The number of aliphatic hydroxyl groups excluding tert-OH is 2. The number of ether oxygens (including phenoxy) is 5. The number of hydrogen-bond acceptors (Lipinski definition) is 11. The Bertz CT molecular complexity index is 1790. The number of aliphatic hydroxyl groups is 2. The van der Waals surface area contributed by atoms with Crippen LogP contribution in [0.15, 0.2) is 72.9 Å². The molecular formula is C75H130O12. The number of aliphatic carboxylic acids is 1. The molecule has 1 rings (SSSR count). The molecule has 0 bridgehead atoms. The molecule has 1 saturated heterocycles. The van der Waals surface area contributed by atoms with Crippen molar-refractivity contribution in [2.75, 3.05) is 13.2 Å². The Morgan fingerprint density at radius 3 is 1.08 bits per heavy atom. The van der Waals surface area contributed by atoms with Crippen molar-refractivity contribution in [1.82, 2.24) is 0 Å². The number of carbonyl (C=O) groups is 4. The third-order valence-corrected chi connectivity index (χ3v) is 16.3. The van der Waals surface area contributed by atoms with Crippen molar-refractivity contribution in [1.29, 1.82) is 0 Å². The lowest BCUT2D eigenvalue weighted by Gasteiger charge is -2.40. The molecule has 502 valence electrons. The van der Waals surface area contributed by atoms with E-state index in [1.54, 1.807) is 0 Å². The average molecular weight is 1220 g/mol. The SMILES string of the molecule is CC/C=C\C/C=C\C/C=C\C/C=C\C/C=C\C/C=C\CCC(=O)OC1C(OCC(COC(=O)CCCCCCCCCCCCCCCCCCCCC)OC(=O)CCCCCCCCCCCCCCCCCCCCC)OC(C(=O)O)C(O)C1O. The summed E-state index contributed by atoms with van der Waals surface area (Å²) in [6, 6.07) is 0. The van der Waals surface area contributed by atoms with E-state index in [1.165, 1.54) is 193 Å². The Labute approximate surface area is 531 Å². The number of rotatable bonds is 62. The van der Waals surface area contributed by atoms with Crippen LogP contribution in [0.25, 0.3) is 0 Å². The molecule has 0 amide bonds. The molecule has 0 saturated carbocycles. The van der Waals surface area contributed by atoms with E-state index in [0.717, 1.165) is 70.6 Å². The fourth-order valence-corrected chi connectivity index (χ4v) is 10.9. The van der Waals surface area contributed by atoms with Crippen molar-refractivity contribution < 1.29 is 58.2 Å². The molecule has 6 unspecified atom stereocenters. The summed E-state index contributed by atoms with van der Waals surface area (Å²) in [4.78, 5) is 51.5. The van der Waals surface area contributed by atoms with Gasteiger partial charge >= 0.3 is 23.9 Å². The van der Waals surface area contributed by atoms with E-state index < -0.39 is 67.3 Å². The van der Waals surface area contributed by atoms with E-state index in [9.17, 15) is 34.5 Å². The highest BCUT2D eigenvalue weighted by atomic mass is 16.7. The van der Waals surface area contributed by atoms with E-state index in [0.29, 0.717) is 25.7 Å². The van der Waals surface area contributed by atoms with Crippen LogP contribution in [0.3, 0.4) is 0 Å². The maximum absolute atomic E-state index is 13.3. The first-order valence-corrected chi connectivity index (χ1v) is 35.9. The first-order valence-electron chi connectivity index (χ1n) is 35.9. The Kier molecular flexibility index (Phi) is 58.2. The zero-order chi connectivity index (χ0) is 63.1. The van der Waals surface area contributed by atoms with E-state index >= 15 is 0 Å². The van der Waals surface area contributed by atoms with Crippen LogP contribution in [0.2, 0.25) is 0 Å². The van der Waals surface area contributed by atoms with Gasteiger partial charge < -0.3 is 39.0 Å². The molecular weight excluding hydrogens is 1090 g/mol. The maximum atomic E-state index is 13.3. The van der Waals surface area contributed by atoms with Crippen molar-refractivity contribution in [3.8, 4) is 0 Å². The normalized spacial score (nSPS) is 17.7. The van der Waals surface area contributed by atoms with Gasteiger partial charge in [-0.1, -0.05) is 325 Å². The standard InChI is InChI=1S/C75H130O12/c1-4-7-10-13-16-19-22-25-28-31-34-37-40-43-46-49-52-55-58-61-67(76)83-64-66(85-68(77)62-59-56-53-50-47-44-41-38-35-32-29-26-23-20-17-14-11-8-5-2)65-84-75-73(71(80)70(79)72(87-75)74(81)82)86-69(78)63-60-57-54-51-48-45-42-39-36-33-30-27-24-21-18-15-12-9-6-3/h9,12,18,21,27,30,36,39,45,48,54,57,66,70-73,75,79-80H,4-8,10-11,13-17,19-20,22-26,28-29,31-35,37-38,40-44,46-47,49-53,55-56,58-65H2,1-3H3,(H,81,82)/b12-9-,21-18-,30-27-,39-36-,48-45-,57-54-. The number of hydrogen-bond donors (Lipinski definition) is 3. The Morgan fingerprint density at radius 1 is 0.391 bits per heavy atom. The molecule has 12 heteroatoms. The number of unbranched alkanes of at least 4 members (excludes halogenated alkanes) is 36. The van der Waals surface area contributed by atoms with Crippen LogP contribution in [0.5, 0.6) is 0 Å². The van der Waals surface area contributed by atoms with Crippen molar-refractivity contribution in [2.24, 2.45) is 0 Å². The Morgan fingerprint density at radius 2 is 0.724 bits per heavy atom. The molecule has 0 aromatic heterocycles. The highest BCUT2D eigenvalue weighted by molar-refractivity contribution is 5.74. The lowest BCUT2D eigenvalue weighted by atomic mass is 9.98. The summed E-state index contributed by atoms with van der Waals surface area (Å²) >= 11 is 0. The first-order chi connectivity index (χ1) is 42.6. The van der Waals surface area contributed by atoms with Crippen molar-refractivity contribution in [2.45, 2.75) is 366 Å². The molecule has 87 heavy (non-hydrogen) atoms. The monoisotopic (exact) mass is 1220 g/mol. The van der Waals surface area contributed by atoms with Gasteiger partial charge in [0.05, 0.1) is 6.61 Å². The second-order valence-corrected chi connectivity index (χ2v) is 24.5. The molecule has 3 N–H and O–H groups in total. The number of allylic oxidation sites excluding steroid dienone is 12. The molecule has 1 heterocycles. The van der Waals surface area contributed by atoms with Gasteiger partial charge in [0, 0.05) is 19.3 Å². The van der Waals surface area contributed by atoms with Crippen LogP contribution in [-0.4, -0.2) is 89.2 Å². The zero-order valence-electron chi connectivity index (χ0n) is 55.8. The van der Waals surface area contributed by atoms with Crippen LogP contribution >= 0.6 is 0 Å². The smallest absolute Gasteiger partial charge is 0.335 e. The average Bonchev–Trinajstić information content (AvgIpc) is 2.60. The first kappa shape index (κ1) is 81.2. The molecule has 1 aliphatic heterocycles. The third kappa shape index (κ3) is 51.6. The van der Waals surface area contributed by atoms with Gasteiger partial charge in [0.1, 0.15) is 18.8 Å². The van der Waals surface area contributed by atoms with Gasteiger partial charge in [0.25, 0.3) is 0 Å². The van der Waals surface area contributed by atoms with Crippen molar-refractivity contribution in [3.63, 3.8) is 0 Å². The second kappa shape index (κ2) is 62.4. The number of esters is 3. The lowest BCUT2D eigenvalue weighted by molar-refractivity contribution is -0.301. The zero-order valence-corrected chi connectivity index (χ0v) is 55.8. The number of carbonyl (C=O) groups excluding carboxylic acids is 3. The largest absolute Gasteiger partial charge is 0.479 e. The van der Waals surface area contributed by atoms with E-state index in [-0.39, 0.29) is 25.9 Å². The molecule has 1 aliphatic rings. The van der Waals surface area contributed by atoms with Crippen molar-refractivity contribution >= 4 is 23.9 Å². The van der Waals surface area contributed by atoms with E-state index in [2.05, 4.69) is 75.5 Å². The van der Waals surface area contributed by atoms with Crippen LogP contribution in [0.1, 0.15) is 329 Å². The third-order valence-electron chi connectivity index (χ3n) is 16.3. The quantitative estimate of drug-likeness (QED) is 0.0228. The minimum atomic E-state index is -1.93. The summed E-state index contributed by atoms with van der Waals surface area (Å²) in [7, 11) is 0.